The van der Waals surface area contributed by atoms with Crippen LogP contribution in [0, 0.1) is 0 Å². The van der Waals surface area contributed by atoms with Gasteiger partial charge in [-0.2, -0.15) is 0 Å². The maximum Gasteiger partial charge on any atom is -0.693 e. The van der Waals surface area contributed by atoms with Gasteiger partial charge in [0.2, 0.25) is 0 Å². The predicted octanol–water partition coefficient (Wildman–Crippen LogP) is -8.30. The molecule has 0 rings (SSSR count). The van der Waals surface area contributed by atoms with Gasteiger partial charge < -0.3 is 63.8 Å². The summed E-state index contributed by atoms with van der Waals surface area (Å²) >= 11 is 4.00. The summed E-state index contributed by atoms with van der Waals surface area (Å²) in [5.74, 6) is 0. The number of nitrogens with two attached hydrogens (primary N) is 1. The molecule has 0 heterocycles. The molecule has 4 radical (unpaired) electrons. The zero-order valence-electron chi connectivity index (χ0n) is 8.33. The largest absolute Gasteiger partial charge is 0.693 e. The van der Waals surface area contributed by atoms with E-state index in [9.17, 15) is 0 Å². The quantitative estimate of drug-likeness (QED) is 0.299. The molecule has 0 aliphatic rings. The molecule has 0 bridgehead atoms. The SMILES string of the molecule is C.C.[Cl-].[F-].[H-].[H-].[Li+].[Li-].[Li-].[Li][Li].[NH2-]. The van der Waals surface area contributed by atoms with Gasteiger partial charge >= 0.3 is 49.6 Å². The second-order valence-corrected chi connectivity index (χ2v) is 0. The first kappa shape index (κ1) is 112. The Morgan fingerprint density at radius 2 is 0.900 bits per heavy atom. The maximum atomic E-state index is 2.00. The van der Waals surface area contributed by atoms with Gasteiger partial charge in [-0.1, -0.05) is 14.9 Å². The van der Waals surface area contributed by atoms with Gasteiger partial charge in [-0.25, -0.2) is 0 Å². The molecule has 0 aromatic rings. The van der Waals surface area contributed by atoms with Crippen molar-refractivity contribution in [2.45, 2.75) is 14.9 Å². The van der Waals surface area contributed by atoms with Crippen LogP contribution in [0.3, 0.4) is 0 Å². The maximum absolute atomic E-state index is 2.00. The molecule has 10 heavy (non-hydrogen) atoms. The monoisotopic (exact) mass is 139 g/mol. The summed E-state index contributed by atoms with van der Waals surface area (Å²) in [7, 11) is 0. The first-order valence-corrected chi connectivity index (χ1v) is 1.00. The molecule has 0 fully saturated rings. The molecular formula is C2H12ClFLi5N-6. The zero-order valence-corrected chi connectivity index (χ0v) is 7.09. The average molecular weight is 139 g/mol. The van der Waals surface area contributed by atoms with Crippen molar-refractivity contribution in [3.05, 3.63) is 6.15 Å². The summed E-state index contributed by atoms with van der Waals surface area (Å²) < 4.78 is 0. The Balaban J connectivity index is -0.000000000111. The van der Waals surface area contributed by atoms with Crippen LogP contribution in [0.5, 0.6) is 0 Å². The zero-order chi connectivity index (χ0) is 2.00. The summed E-state index contributed by atoms with van der Waals surface area (Å²) in [6, 6.07) is 0. The Hall–Kier alpha value is 3.17. The molecule has 1 nitrogen and oxygen atoms in total. The molecule has 50 valence electrons. The van der Waals surface area contributed by atoms with E-state index in [4.69, 9.17) is 0 Å². The standard InChI is InChI=1S/2CH4.ClH.FH.5Li.H2N.2H/h2*1H4;2*1H;;;;;;1H2;;/q;;;;;;2*-1;+1;3*-1/p-2. The van der Waals surface area contributed by atoms with Crippen LogP contribution in [0.4, 0.5) is 0 Å². The van der Waals surface area contributed by atoms with Crippen molar-refractivity contribution in [1.82, 2.24) is 0 Å². The Morgan fingerprint density at radius 3 is 0.900 bits per heavy atom. The van der Waals surface area contributed by atoms with Crippen LogP contribution in [-0.2, 0) is 0 Å². The van der Waals surface area contributed by atoms with Gasteiger partial charge in [-0.3, -0.25) is 0 Å². The molecule has 0 saturated carbocycles. The summed E-state index contributed by atoms with van der Waals surface area (Å²) in [6.07, 6.45) is 0. The Kier molecular flexibility index (Phi) is 1700. The molecule has 0 aliphatic heterocycles. The first-order chi connectivity index (χ1) is 1.00. The van der Waals surface area contributed by atoms with Crippen molar-refractivity contribution >= 4 is 68.5 Å². The molecule has 2 N–H and O–H groups in total. The molecule has 0 spiro atoms. The number of rotatable bonds is 0. The van der Waals surface area contributed by atoms with Crippen molar-refractivity contribution in [2.75, 3.05) is 0 Å². The third-order valence-electron chi connectivity index (χ3n) is 0. The summed E-state index contributed by atoms with van der Waals surface area (Å²) in [4.78, 5) is 0. The van der Waals surface area contributed by atoms with Crippen LogP contribution < -0.4 is 36.0 Å². The van der Waals surface area contributed by atoms with Gasteiger partial charge in [-0.05, 0) is 0 Å². The van der Waals surface area contributed by atoms with Crippen LogP contribution in [0.15, 0.2) is 0 Å². The second kappa shape index (κ2) is 151. The number of halogens is 2. The van der Waals surface area contributed by atoms with E-state index in [2.05, 4.69) is 0 Å². The van der Waals surface area contributed by atoms with Gasteiger partial charge in [0.1, 0.15) is 0 Å². The molecule has 0 aromatic heterocycles. The number of hydrogen-bond donors (Lipinski definition) is 0. The van der Waals surface area contributed by atoms with Crippen LogP contribution in [-0.4, -0.2) is 68.5 Å². The fourth-order valence-corrected chi connectivity index (χ4v) is 0. The number of hydrogen-bond acceptors (Lipinski definition) is 0. The van der Waals surface area contributed by atoms with Crippen molar-refractivity contribution in [2.24, 2.45) is 0 Å². The van der Waals surface area contributed by atoms with Crippen LogP contribution in [0.1, 0.15) is 17.7 Å². The van der Waals surface area contributed by atoms with Gasteiger partial charge in [-0.15, -0.1) is 0 Å². The van der Waals surface area contributed by atoms with E-state index < -0.39 is 0 Å². The molecular weight excluding hydrogens is 127 g/mol. The van der Waals surface area contributed by atoms with E-state index in [1.54, 1.807) is 0 Å². The van der Waals surface area contributed by atoms with Crippen molar-refractivity contribution in [1.29, 1.82) is 0 Å². The van der Waals surface area contributed by atoms with Crippen molar-refractivity contribution < 1.29 is 38.8 Å². The summed E-state index contributed by atoms with van der Waals surface area (Å²) in [6.45, 7) is 0. The van der Waals surface area contributed by atoms with Gasteiger partial charge in [0.25, 0.3) is 0 Å². The topological polar surface area (TPSA) is 33.5 Å². The molecule has 0 saturated heterocycles. The van der Waals surface area contributed by atoms with Crippen molar-refractivity contribution in [3.63, 3.8) is 0 Å². The molecule has 8 heteroatoms. The van der Waals surface area contributed by atoms with E-state index in [0.29, 0.717) is 0 Å². The first-order valence-electron chi connectivity index (χ1n) is 1.00. The fraction of sp³-hybridized carbons (Fsp3) is 1.00. The Morgan fingerprint density at radius 1 is 0.900 bits per heavy atom. The van der Waals surface area contributed by atoms with Gasteiger partial charge in [0.15, 0.2) is 0 Å². The van der Waals surface area contributed by atoms with Gasteiger partial charge in [0, 0.05) is 0 Å². The minimum absolute atomic E-state index is 0. The van der Waals surface area contributed by atoms with Gasteiger partial charge in [0.05, 0.1) is 0 Å². The Bertz CT molecular complexity index is 27.4. The minimum atomic E-state index is 0. The summed E-state index contributed by atoms with van der Waals surface area (Å²) in [5, 5.41) is 0. The van der Waals surface area contributed by atoms with E-state index in [-0.39, 0.29) is 97.6 Å². The predicted molar refractivity (Wildman–Crippen MR) is 44.0 cm³/mol. The molecule has 0 atom stereocenters. The third-order valence-corrected chi connectivity index (χ3v) is 0. The van der Waals surface area contributed by atoms with Crippen LogP contribution >= 0.6 is 0 Å². The van der Waals surface area contributed by atoms with Crippen molar-refractivity contribution in [3.8, 4) is 0 Å². The third kappa shape index (κ3) is 115. The van der Waals surface area contributed by atoms with E-state index in [0.717, 1.165) is 0 Å². The van der Waals surface area contributed by atoms with Crippen LogP contribution in [0.2, 0.25) is 0 Å². The molecule has 0 aromatic carbocycles. The molecule has 0 unspecified atom stereocenters. The van der Waals surface area contributed by atoms with E-state index in [1.165, 1.54) is 0 Å². The second-order valence-electron chi connectivity index (χ2n) is 0. The normalized spacial score (nSPS) is 0.800. The minimum Gasteiger partial charge on any atom is -0.693 e. The fourth-order valence-electron chi connectivity index (χ4n) is 0. The molecule has 0 amide bonds. The van der Waals surface area contributed by atoms with Crippen LogP contribution in [0.25, 0.3) is 6.15 Å². The van der Waals surface area contributed by atoms with E-state index in [1.807, 2.05) is 30.8 Å². The smallest absolute Gasteiger partial charge is 0.693 e. The Labute approximate surface area is 127 Å². The summed E-state index contributed by atoms with van der Waals surface area (Å²) in [5.41, 5.74) is 0. The van der Waals surface area contributed by atoms with E-state index >= 15 is 0 Å². The molecule has 0 aliphatic carbocycles. The average Bonchev–Trinajstić information content (AvgIpc) is 1.00.